The van der Waals surface area contributed by atoms with E-state index in [1.165, 1.54) is 0 Å². The van der Waals surface area contributed by atoms with E-state index in [0.717, 1.165) is 38.2 Å². The minimum absolute atomic E-state index is 0.111. The van der Waals surface area contributed by atoms with E-state index in [9.17, 15) is 15.3 Å². The van der Waals surface area contributed by atoms with Crippen LogP contribution in [-0.4, -0.2) is 21.4 Å². The monoisotopic (exact) mass is 306 g/mol. The smallest absolute Gasteiger partial charge is 0.109 e. The summed E-state index contributed by atoms with van der Waals surface area (Å²) < 4.78 is 0. The maximum Gasteiger partial charge on any atom is 0.109 e. The third kappa shape index (κ3) is 1.94. The molecule has 3 nitrogen and oxygen atoms in total. The van der Waals surface area contributed by atoms with Crippen LogP contribution in [0, 0.1) is 6.92 Å². The fraction of sp³-hybridized carbons (Fsp3) is 0.200. The zero-order valence-corrected chi connectivity index (χ0v) is 12.8. The van der Waals surface area contributed by atoms with Crippen molar-refractivity contribution in [3.8, 4) is 0 Å². The van der Waals surface area contributed by atoms with Crippen LogP contribution in [0.2, 0.25) is 0 Å². The van der Waals surface area contributed by atoms with E-state index in [0.29, 0.717) is 5.56 Å². The van der Waals surface area contributed by atoms with Crippen LogP contribution >= 0.6 is 0 Å². The number of aliphatic hydroxyl groups is 3. The van der Waals surface area contributed by atoms with Gasteiger partial charge >= 0.3 is 0 Å². The highest BCUT2D eigenvalue weighted by molar-refractivity contribution is 6.11. The van der Waals surface area contributed by atoms with Crippen molar-refractivity contribution >= 4 is 27.6 Å². The van der Waals surface area contributed by atoms with Crippen LogP contribution in [0.5, 0.6) is 0 Å². The van der Waals surface area contributed by atoms with Gasteiger partial charge in [0, 0.05) is 0 Å². The first kappa shape index (κ1) is 14.4. The molecule has 0 saturated heterocycles. The van der Waals surface area contributed by atoms with Gasteiger partial charge in [-0.05, 0) is 50.7 Å². The summed E-state index contributed by atoms with van der Waals surface area (Å²) in [5.74, 6) is 0. The molecule has 3 aromatic carbocycles. The lowest BCUT2D eigenvalue weighted by molar-refractivity contribution is 0.0465. The second-order valence-electron chi connectivity index (χ2n) is 6.09. The second kappa shape index (κ2) is 5.17. The average molecular weight is 306 g/mol. The maximum absolute atomic E-state index is 10.4. The standard InChI is InChI=1S/C20H18O3/c1-11-13-7-6-12-4-2-3-5-14(12)19(13)16(10-21)15-8-9-17(22)20(23)18(11)15/h2-9,17,20-23H,10H2,1H3/t17-,20+/m0/s1. The lowest BCUT2D eigenvalue weighted by Gasteiger charge is -2.27. The molecule has 23 heavy (non-hydrogen) atoms. The van der Waals surface area contributed by atoms with Crippen LogP contribution in [-0.2, 0) is 6.61 Å². The van der Waals surface area contributed by atoms with E-state index in [1.807, 2.05) is 31.2 Å². The summed E-state index contributed by atoms with van der Waals surface area (Å²) in [6.07, 6.45) is 1.52. The topological polar surface area (TPSA) is 60.7 Å². The maximum atomic E-state index is 10.4. The zero-order valence-electron chi connectivity index (χ0n) is 12.8. The summed E-state index contributed by atoms with van der Waals surface area (Å²) in [5, 5.41) is 34.6. The van der Waals surface area contributed by atoms with E-state index >= 15 is 0 Å². The van der Waals surface area contributed by atoms with Gasteiger partial charge in [0.2, 0.25) is 0 Å². The minimum atomic E-state index is -0.962. The van der Waals surface area contributed by atoms with E-state index in [2.05, 4.69) is 18.2 Å². The molecule has 3 aromatic rings. The normalized spacial score (nSPS) is 20.2. The Hall–Kier alpha value is -2.20. The minimum Gasteiger partial charge on any atom is -0.392 e. The van der Waals surface area contributed by atoms with Gasteiger partial charge in [-0.1, -0.05) is 48.6 Å². The Labute approximate surface area is 134 Å². The van der Waals surface area contributed by atoms with Crippen LogP contribution < -0.4 is 0 Å². The Balaban J connectivity index is 2.24. The molecule has 0 bridgehead atoms. The van der Waals surface area contributed by atoms with Crippen LogP contribution in [0.3, 0.4) is 0 Å². The van der Waals surface area contributed by atoms with Crippen molar-refractivity contribution in [3.05, 3.63) is 64.7 Å². The number of aryl methyl sites for hydroxylation is 1. The SMILES string of the molecule is Cc1c2c(c(CO)c3c1ccc1ccccc13)C=C[C@H](O)[C@H]2O. The first-order chi connectivity index (χ1) is 11.1. The molecule has 0 fully saturated rings. The van der Waals surface area contributed by atoms with E-state index in [4.69, 9.17) is 0 Å². The van der Waals surface area contributed by atoms with Gasteiger partial charge in [0.15, 0.2) is 0 Å². The van der Waals surface area contributed by atoms with Gasteiger partial charge in [0.1, 0.15) is 12.2 Å². The number of aliphatic hydroxyl groups excluding tert-OH is 3. The molecule has 0 radical (unpaired) electrons. The Morgan fingerprint density at radius 2 is 1.78 bits per heavy atom. The van der Waals surface area contributed by atoms with Crippen molar-refractivity contribution in [3.63, 3.8) is 0 Å². The van der Waals surface area contributed by atoms with Crippen molar-refractivity contribution in [2.75, 3.05) is 0 Å². The molecule has 0 saturated carbocycles. The predicted molar refractivity (Wildman–Crippen MR) is 92.1 cm³/mol. The molecular weight excluding hydrogens is 288 g/mol. The number of hydrogen-bond donors (Lipinski definition) is 3. The van der Waals surface area contributed by atoms with Crippen molar-refractivity contribution in [2.24, 2.45) is 0 Å². The lowest BCUT2D eigenvalue weighted by atomic mass is 9.81. The summed E-state index contributed by atoms with van der Waals surface area (Å²) in [4.78, 5) is 0. The van der Waals surface area contributed by atoms with Gasteiger partial charge in [-0.25, -0.2) is 0 Å². The Morgan fingerprint density at radius 1 is 1.00 bits per heavy atom. The molecule has 2 atom stereocenters. The lowest BCUT2D eigenvalue weighted by Crippen LogP contribution is -2.21. The molecule has 3 heteroatoms. The first-order valence-corrected chi connectivity index (χ1v) is 7.75. The summed E-state index contributed by atoms with van der Waals surface area (Å²) >= 11 is 0. The van der Waals surface area contributed by atoms with Crippen LogP contribution in [0.25, 0.3) is 27.6 Å². The summed E-state index contributed by atoms with van der Waals surface area (Å²) in [7, 11) is 0. The van der Waals surface area contributed by atoms with Crippen molar-refractivity contribution in [1.82, 2.24) is 0 Å². The predicted octanol–water partition coefficient (Wildman–Crippen LogP) is 3.21. The van der Waals surface area contributed by atoms with Gasteiger partial charge < -0.3 is 15.3 Å². The fourth-order valence-electron chi connectivity index (χ4n) is 3.76. The van der Waals surface area contributed by atoms with Gasteiger partial charge in [0.25, 0.3) is 0 Å². The molecule has 0 aliphatic heterocycles. The van der Waals surface area contributed by atoms with Gasteiger partial charge in [-0.2, -0.15) is 0 Å². The Bertz CT molecular complexity index is 956. The Morgan fingerprint density at radius 3 is 2.57 bits per heavy atom. The van der Waals surface area contributed by atoms with Gasteiger partial charge in [0.05, 0.1) is 6.61 Å². The number of benzene rings is 3. The molecule has 116 valence electrons. The van der Waals surface area contributed by atoms with Gasteiger partial charge in [-0.3, -0.25) is 0 Å². The molecular formula is C20H18O3. The molecule has 1 aliphatic rings. The molecule has 4 rings (SSSR count). The molecule has 0 heterocycles. The largest absolute Gasteiger partial charge is 0.392 e. The number of fused-ring (bicyclic) bond motifs is 4. The summed E-state index contributed by atoms with van der Waals surface area (Å²) in [6.45, 7) is 1.85. The molecule has 0 amide bonds. The zero-order chi connectivity index (χ0) is 16.1. The number of hydrogen-bond acceptors (Lipinski definition) is 3. The van der Waals surface area contributed by atoms with E-state index in [1.54, 1.807) is 6.08 Å². The summed E-state index contributed by atoms with van der Waals surface area (Å²) in [6, 6.07) is 12.2. The Kier molecular flexibility index (Phi) is 3.23. The second-order valence-corrected chi connectivity index (χ2v) is 6.09. The van der Waals surface area contributed by atoms with Crippen molar-refractivity contribution in [2.45, 2.75) is 25.7 Å². The fourth-order valence-corrected chi connectivity index (χ4v) is 3.76. The highest BCUT2D eigenvalue weighted by atomic mass is 16.3. The average Bonchev–Trinajstić information content (AvgIpc) is 2.58. The highest BCUT2D eigenvalue weighted by Crippen LogP contribution is 2.41. The van der Waals surface area contributed by atoms with Crippen molar-refractivity contribution < 1.29 is 15.3 Å². The van der Waals surface area contributed by atoms with E-state index in [-0.39, 0.29) is 6.61 Å². The summed E-state index contributed by atoms with van der Waals surface area (Å²) in [5.41, 5.74) is 3.30. The molecule has 0 spiro atoms. The molecule has 0 aromatic heterocycles. The third-order valence-corrected chi connectivity index (χ3v) is 4.89. The first-order valence-electron chi connectivity index (χ1n) is 7.75. The molecule has 1 aliphatic carbocycles. The third-order valence-electron chi connectivity index (χ3n) is 4.89. The molecule has 3 N–H and O–H groups in total. The van der Waals surface area contributed by atoms with Crippen LogP contribution in [0.4, 0.5) is 0 Å². The highest BCUT2D eigenvalue weighted by Gasteiger charge is 2.28. The van der Waals surface area contributed by atoms with Crippen LogP contribution in [0.15, 0.2) is 42.5 Å². The van der Waals surface area contributed by atoms with Crippen LogP contribution in [0.1, 0.15) is 28.4 Å². The molecule has 0 unspecified atom stereocenters. The quantitative estimate of drug-likeness (QED) is 0.605. The van der Waals surface area contributed by atoms with Crippen molar-refractivity contribution in [1.29, 1.82) is 0 Å². The number of rotatable bonds is 1. The van der Waals surface area contributed by atoms with Gasteiger partial charge in [-0.15, -0.1) is 0 Å². The van der Waals surface area contributed by atoms with E-state index < -0.39 is 12.2 Å².